The summed E-state index contributed by atoms with van der Waals surface area (Å²) >= 11 is 0. The number of halogens is 1. The molecule has 0 bridgehead atoms. The summed E-state index contributed by atoms with van der Waals surface area (Å²) in [4.78, 5) is 13.3. The molecule has 0 fully saturated rings. The van der Waals surface area contributed by atoms with Crippen molar-refractivity contribution in [2.45, 2.75) is 31.7 Å². The second-order valence-corrected chi connectivity index (χ2v) is 7.55. The molecule has 2 N–H and O–H groups in total. The maximum atomic E-state index is 13.5. The summed E-state index contributed by atoms with van der Waals surface area (Å²) in [5, 5.41) is 14.3. The third-order valence-electron chi connectivity index (χ3n) is 5.59. The van der Waals surface area contributed by atoms with Crippen molar-refractivity contribution in [3.8, 4) is 0 Å². The van der Waals surface area contributed by atoms with Gasteiger partial charge in [0.25, 0.3) is 0 Å². The molecule has 2 heterocycles. The average Bonchev–Trinajstić information content (AvgIpc) is 3.08. The van der Waals surface area contributed by atoms with Crippen molar-refractivity contribution in [1.82, 2.24) is 10.3 Å². The molecule has 1 aromatic heterocycles. The number of rotatable bonds is 2. The molecule has 0 spiro atoms. The van der Waals surface area contributed by atoms with Crippen LogP contribution in [0.25, 0.3) is 0 Å². The summed E-state index contributed by atoms with van der Waals surface area (Å²) in [5.41, 5.74) is 4.52. The Morgan fingerprint density at radius 2 is 1.66 bits per heavy atom. The van der Waals surface area contributed by atoms with E-state index in [2.05, 4.69) is 45.2 Å². The van der Waals surface area contributed by atoms with Gasteiger partial charge in [0, 0.05) is 17.7 Å². The molecule has 7 heteroatoms. The fourth-order valence-electron chi connectivity index (χ4n) is 4.08. The van der Waals surface area contributed by atoms with E-state index in [9.17, 15) is 9.18 Å². The number of hydrogen-bond acceptors (Lipinski definition) is 6. The zero-order valence-electron chi connectivity index (χ0n) is 15.8. The Labute approximate surface area is 166 Å². The first-order chi connectivity index (χ1) is 14.1. The number of aryl methyl sites for hydroxylation is 1. The summed E-state index contributed by atoms with van der Waals surface area (Å²) in [6.45, 7) is 2.04. The number of ketones is 1. The number of anilines is 2. The lowest BCUT2D eigenvalue weighted by Gasteiger charge is -2.29. The smallest absolute Gasteiger partial charge is 0.219 e. The van der Waals surface area contributed by atoms with Gasteiger partial charge in [-0.1, -0.05) is 42.0 Å². The number of nitrogens with zero attached hydrogens (tertiary/aromatic N) is 2. The molecule has 0 saturated heterocycles. The summed E-state index contributed by atoms with van der Waals surface area (Å²) in [7, 11) is 0. The highest BCUT2D eigenvalue weighted by Gasteiger charge is 2.37. The molecule has 2 unspecified atom stereocenters. The first kappa shape index (κ1) is 17.6. The highest BCUT2D eigenvalue weighted by molar-refractivity contribution is 6.00. The highest BCUT2D eigenvalue weighted by atomic mass is 19.1. The molecule has 146 valence electrons. The molecule has 3 aromatic rings. The third-order valence-corrected chi connectivity index (χ3v) is 5.59. The van der Waals surface area contributed by atoms with Crippen LogP contribution in [0.4, 0.5) is 16.0 Å². The number of nitrogens with one attached hydrogen (secondary N) is 2. The van der Waals surface area contributed by atoms with Gasteiger partial charge in [-0.05, 0) is 52.8 Å². The number of Topliss-reactive ketones (excluding diaryl/α,β-unsaturated/α-hetero) is 1. The molecular formula is C22H19FN4O2. The molecule has 6 nitrogen and oxygen atoms in total. The first-order valence-corrected chi connectivity index (χ1v) is 9.53. The highest BCUT2D eigenvalue weighted by Crippen LogP contribution is 2.43. The molecular weight excluding hydrogens is 371 g/mol. The number of allylic oxidation sites excluding steroid dienone is 1. The Morgan fingerprint density at radius 3 is 2.41 bits per heavy atom. The molecule has 0 radical (unpaired) electrons. The van der Waals surface area contributed by atoms with Crippen molar-refractivity contribution in [2.24, 2.45) is 0 Å². The Kier molecular flexibility index (Phi) is 4.16. The minimum absolute atomic E-state index is 0.0493. The van der Waals surface area contributed by atoms with Gasteiger partial charge in [-0.2, -0.15) is 0 Å². The van der Waals surface area contributed by atoms with Crippen LogP contribution >= 0.6 is 0 Å². The minimum atomic E-state index is -0.460. The van der Waals surface area contributed by atoms with Crippen LogP contribution in [0.5, 0.6) is 0 Å². The number of fused-ring (bicyclic) bond motifs is 1. The molecule has 1 aliphatic heterocycles. The van der Waals surface area contributed by atoms with Crippen molar-refractivity contribution >= 4 is 17.4 Å². The van der Waals surface area contributed by atoms with Crippen LogP contribution in [-0.4, -0.2) is 16.1 Å². The Morgan fingerprint density at radius 1 is 0.966 bits per heavy atom. The first-order valence-electron chi connectivity index (χ1n) is 9.53. The van der Waals surface area contributed by atoms with E-state index in [4.69, 9.17) is 4.63 Å². The van der Waals surface area contributed by atoms with Crippen molar-refractivity contribution in [1.29, 1.82) is 0 Å². The summed E-state index contributed by atoms with van der Waals surface area (Å²) in [6.07, 6.45) is 1.08. The van der Waals surface area contributed by atoms with Gasteiger partial charge in [0.2, 0.25) is 11.6 Å². The molecule has 2 atom stereocenters. The van der Waals surface area contributed by atoms with E-state index in [1.165, 1.54) is 17.7 Å². The number of aromatic nitrogens is 2. The van der Waals surface area contributed by atoms with Crippen LogP contribution < -0.4 is 10.6 Å². The van der Waals surface area contributed by atoms with Gasteiger partial charge in [0.15, 0.2) is 5.78 Å². The average molecular weight is 390 g/mol. The number of hydrogen-bond donors (Lipinski definition) is 2. The van der Waals surface area contributed by atoms with E-state index in [0.717, 1.165) is 16.8 Å². The lowest BCUT2D eigenvalue weighted by atomic mass is 9.78. The van der Waals surface area contributed by atoms with Gasteiger partial charge in [-0.3, -0.25) is 4.79 Å². The van der Waals surface area contributed by atoms with Crippen molar-refractivity contribution in [3.05, 3.63) is 82.3 Å². The maximum Gasteiger partial charge on any atom is 0.219 e. The van der Waals surface area contributed by atoms with Crippen molar-refractivity contribution in [2.75, 3.05) is 10.6 Å². The lowest BCUT2D eigenvalue weighted by Crippen LogP contribution is -2.27. The standard InChI is InChI=1S/C22H19FN4O2/c1-12-2-4-13(5-3-12)15-10-17-19(18(28)11-15)20(14-6-8-16(23)9-7-14)25-22-21(24-17)26-29-27-22/h2-9,15,20H,10-11H2,1H3,(H,24,26)(H,25,27). The van der Waals surface area contributed by atoms with E-state index in [-0.39, 0.29) is 17.5 Å². The second-order valence-electron chi connectivity index (χ2n) is 7.55. The van der Waals surface area contributed by atoms with Crippen molar-refractivity contribution < 1.29 is 13.8 Å². The van der Waals surface area contributed by atoms with E-state index in [1.807, 2.05) is 6.92 Å². The van der Waals surface area contributed by atoms with E-state index in [1.54, 1.807) is 12.1 Å². The summed E-state index contributed by atoms with van der Waals surface area (Å²) < 4.78 is 18.3. The molecule has 2 aliphatic rings. The number of benzene rings is 2. The fourth-order valence-corrected chi connectivity index (χ4v) is 4.08. The van der Waals surface area contributed by atoms with Crippen LogP contribution in [0.2, 0.25) is 0 Å². The molecule has 0 amide bonds. The third kappa shape index (κ3) is 3.18. The Bertz CT molecular complexity index is 1100. The van der Waals surface area contributed by atoms with Gasteiger partial charge in [0.05, 0.1) is 6.04 Å². The van der Waals surface area contributed by atoms with Crippen LogP contribution in [0.3, 0.4) is 0 Å². The number of carbonyl (C=O) groups excluding carboxylic acids is 1. The molecule has 1 aliphatic carbocycles. The van der Waals surface area contributed by atoms with Gasteiger partial charge in [-0.25, -0.2) is 9.02 Å². The lowest BCUT2D eigenvalue weighted by molar-refractivity contribution is -0.116. The SMILES string of the molecule is Cc1ccc(C2CC(=O)C3=C(C2)Nc2nonc2NC3c2ccc(F)cc2)cc1. The normalized spacial score (nSPS) is 21.0. The zero-order valence-corrected chi connectivity index (χ0v) is 15.8. The van der Waals surface area contributed by atoms with E-state index < -0.39 is 6.04 Å². The summed E-state index contributed by atoms with van der Waals surface area (Å²) in [5.74, 6) is 0.665. The second kappa shape index (κ2) is 6.84. The summed E-state index contributed by atoms with van der Waals surface area (Å²) in [6, 6.07) is 13.9. The Hall–Kier alpha value is -3.48. The molecule has 0 saturated carbocycles. The van der Waals surface area contributed by atoms with Gasteiger partial charge < -0.3 is 10.6 Å². The number of carbonyl (C=O) groups is 1. The van der Waals surface area contributed by atoms with Gasteiger partial charge in [-0.15, -0.1) is 0 Å². The van der Waals surface area contributed by atoms with Crippen LogP contribution in [0.15, 0.2) is 64.4 Å². The molecule has 2 aromatic carbocycles. The van der Waals surface area contributed by atoms with Crippen LogP contribution in [-0.2, 0) is 4.79 Å². The zero-order chi connectivity index (χ0) is 20.0. The monoisotopic (exact) mass is 390 g/mol. The maximum absolute atomic E-state index is 13.5. The quantitative estimate of drug-likeness (QED) is 0.671. The Balaban J connectivity index is 1.58. The minimum Gasteiger partial charge on any atom is -0.353 e. The predicted molar refractivity (Wildman–Crippen MR) is 106 cm³/mol. The molecule has 5 rings (SSSR count). The van der Waals surface area contributed by atoms with Crippen molar-refractivity contribution in [3.63, 3.8) is 0 Å². The predicted octanol–water partition coefficient (Wildman–Crippen LogP) is 4.50. The van der Waals surface area contributed by atoms with Gasteiger partial charge >= 0.3 is 0 Å². The van der Waals surface area contributed by atoms with Gasteiger partial charge in [0.1, 0.15) is 5.82 Å². The fraction of sp³-hybridized carbons (Fsp3) is 0.227. The van der Waals surface area contributed by atoms with Crippen LogP contribution in [0.1, 0.15) is 41.5 Å². The van der Waals surface area contributed by atoms with Crippen LogP contribution in [0, 0.1) is 12.7 Å². The molecule has 29 heavy (non-hydrogen) atoms. The van der Waals surface area contributed by atoms with E-state index in [0.29, 0.717) is 30.1 Å². The largest absolute Gasteiger partial charge is 0.353 e. The topological polar surface area (TPSA) is 80.1 Å². The van der Waals surface area contributed by atoms with E-state index >= 15 is 0 Å².